The van der Waals surface area contributed by atoms with E-state index in [1.807, 2.05) is 0 Å². The van der Waals surface area contributed by atoms with Gasteiger partial charge in [0.1, 0.15) is 0 Å². The van der Waals surface area contributed by atoms with Gasteiger partial charge in [-0.2, -0.15) is 0 Å². The second-order valence-electron chi connectivity index (χ2n) is 4.61. The summed E-state index contributed by atoms with van der Waals surface area (Å²) in [5.41, 5.74) is 5.94. The van der Waals surface area contributed by atoms with E-state index < -0.39 is 0 Å². The van der Waals surface area contributed by atoms with Crippen molar-refractivity contribution in [1.82, 2.24) is 4.90 Å². The van der Waals surface area contributed by atoms with Crippen molar-refractivity contribution in [1.29, 1.82) is 0 Å². The van der Waals surface area contributed by atoms with E-state index in [1.54, 1.807) is 0 Å². The van der Waals surface area contributed by atoms with Crippen molar-refractivity contribution in [3.05, 3.63) is 0 Å². The molecule has 2 aliphatic rings. The Balaban J connectivity index is 1.77. The lowest BCUT2D eigenvalue weighted by atomic mass is 10.0. The molecule has 2 N–H and O–H groups in total. The quantitative estimate of drug-likeness (QED) is 0.671. The molecule has 0 bridgehead atoms. The molecule has 0 aromatic heterocycles. The first-order valence-electron chi connectivity index (χ1n) is 5.31. The predicted molar refractivity (Wildman–Crippen MR) is 52.5 cm³/mol. The Morgan fingerprint density at radius 2 is 2.31 bits per heavy atom. The topological polar surface area (TPSA) is 38.5 Å². The highest BCUT2D eigenvalue weighted by Gasteiger charge is 2.28. The predicted octanol–water partition coefficient (Wildman–Crippen LogP) is 0.302. The van der Waals surface area contributed by atoms with E-state index in [0.29, 0.717) is 5.92 Å². The minimum absolute atomic E-state index is 0.274. The first kappa shape index (κ1) is 9.44. The SMILES string of the molecule is CC1CCN(CC2COCC2N)C1. The van der Waals surface area contributed by atoms with E-state index >= 15 is 0 Å². The standard InChI is InChI=1S/C10H20N2O/c1-8-2-3-12(4-8)5-9-6-13-7-10(9)11/h8-10H,2-7,11H2,1H3. The molecule has 0 aromatic carbocycles. The van der Waals surface area contributed by atoms with Crippen LogP contribution in [0.5, 0.6) is 0 Å². The van der Waals surface area contributed by atoms with Gasteiger partial charge >= 0.3 is 0 Å². The van der Waals surface area contributed by atoms with Crippen LogP contribution in [0.4, 0.5) is 0 Å². The molecule has 2 fully saturated rings. The van der Waals surface area contributed by atoms with Crippen LogP contribution in [-0.2, 0) is 4.74 Å². The van der Waals surface area contributed by atoms with Crippen LogP contribution in [0, 0.1) is 11.8 Å². The van der Waals surface area contributed by atoms with Crippen molar-refractivity contribution < 1.29 is 4.74 Å². The zero-order valence-electron chi connectivity index (χ0n) is 8.41. The van der Waals surface area contributed by atoms with Gasteiger partial charge in [-0.15, -0.1) is 0 Å². The first-order chi connectivity index (χ1) is 6.25. The van der Waals surface area contributed by atoms with Gasteiger partial charge in [-0.3, -0.25) is 0 Å². The second-order valence-corrected chi connectivity index (χ2v) is 4.61. The number of nitrogens with two attached hydrogens (primary N) is 1. The molecule has 2 rings (SSSR count). The van der Waals surface area contributed by atoms with Crippen LogP contribution in [0.3, 0.4) is 0 Å². The van der Waals surface area contributed by atoms with E-state index in [9.17, 15) is 0 Å². The lowest BCUT2D eigenvalue weighted by Gasteiger charge is -2.21. The summed E-state index contributed by atoms with van der Waals surface area (Å²) >= 11 is 0. The van der Waals surface area contributed by atoms with Crippen LogP contribution in [-0.4, -0.2) is 43.8 Å². The molecule has 2 aliphatic heterocycles. The molecule has 76 valence electrons. The molecule has 0 radical (unpaired) electrons. The van der Waals surface area contributed by atoms with Gasteiger partial charge in [0.05, 0.1) is 13.2 Å². The van der Waals surface area contributed by atoms with Crippen LogP contribution < -0.4 is 5.73 Å². The molecule has 2 saturated heterocycles. The van der Waals surface area contributed by atoms with Gasteiger partial charge < -0.3 is 15.4 Å². The molecule has 3 atom stereocenters. The highest BCUT2D eigenvalue weighted by molar-refractivity contribution is 4.83. The highest BCUT2D eigenvalue weighted by atomic mass is 16.5. The van der Waals surface area contributed by atoms with E-state index in [0.717, 1.165) is 25.7 Å². The Labute approximate surface area is 80.2 Å². The van der Waals surface area contributed by atoms with Gasteiger partial charge in [0.25, 0.3) is 0 Å². The maximum atomic E-state index is 5.94. The summed E-state index contributed by atoms with van der Waals surface area (Å²) in [5, 5.41) is 0. The summed E-state index contributed by atoms with van der Waals surface area (Å²) in [6, 6.07) is 0.274. The van der Waals surface area contributed by atoms with Crippen molar-refractivity contribution in [2.45, 2.75) is 19.4 Å². The lowest BCUT2D eigenvalue weighted by Crippen LogP contribution is -2.37. The molecule has 0 amide bonds. The van der Waals surface area contributed by atoms with Crippen molar-refractivity contribution in [2.75, 3.05) is 32.8 Å². The fourth-order valence-electron chi connectivity index (χ4n) is 2.33. The third-order valence-corrected chi connectivity index (χ3v) is 3.25. The zero-order chi connectivity index (χ0) is 9.26. The van der Waals surface area contributed by atoms with Crippen LogP contribution >= 0.6 is 0 Å². The monoisotopic (exact) mass is 184 g/mol. The summed E-state index contributed by atoms with van der Waals surface area (Å²) in [5.74, 6) is 1.45. The van der Waals surface area contributed by atoms with Gasteiger partial charge in [0.15, 0.2) is 0 Å². The average molecular weight is 184 g/mol. The van der Waals surface area contributed by atoms with Gasteiger partial charge in [-0.05, 0) is 18.9 Å². The van der Waals surface area contributed by atoms with E-state index in [-0.39, 0.29) is 6.04 Å². The maximum Gasteiger partial charge on any atom is 0.0621 e. The zero-order valence-corrected chi connectivity index (χ0v) is 8.41. The summed E-state index contributed by atoms with van der Waals surface area (Å²) in [4.78, 5) is 2.53. The summed E-state index contributed by atoms with van der Waals surface area (Å²) in [6.07, 6.45) is 1.35. The largest absolute Gasteiger partial charge is 0.379 e. The fraction of sp³-hybridized carbons (Fsp3) is 1.00. The summed E-state index contributed by atoms with van der Waals surface area (Å²) in [6.45, 7) is 7.60. The van der Waals surface area contributed by atoms with Crippen molar-refractivity contribution in [3.8, 4) is 0 Å². The minimum Gasteiger partial charge on any atom is -0.379 e. The van der Waals surface area contributed by atoms with E-state index in [4.69, 9.17) is 10.5 Å². The second kappa shape index (κ2) is 3.95. The van der Waals surface area contributed by atoms with Gasteiger partial charge in [-0.25, -0.2) is 0 Å². The number of likely N-dealkylation sites (tertiary alicyclic amines) is 1. The Kier molecular flexibility index (Phi) is 2.86. The van der Waals surface area contributed by atoms with Crippen LogP contribution in [0.25, 0.3) is 0 Å². The molecule has 0 aliphatic carbocycles. The molecule has 0 saturated carbocycles. The van der Waals surface area contributed by atoms with Crippen LogP contribution in [0.2, 0.25) is 0 Å². The molecule has 3 unspecified atom stereocenters. The first-order valence-corrected chi connectivity index (χ1v) is 5.31. The van der Waals surface area contributed by atoms with Crippen molar-refractivity contribution in [3.63, 3.8) is 0 Å². The third-order valence-electron chi connectivity index (χ3n) is 3.25. The molecular weight excluding hydrogens is 164 g/mol. The molecule has 13 heavy (non-hydrogen) atoms. The molecule has 3 nitrogen and oxygen atoms in total. The third kappa shape index (κ3) is 2.22. The summed E-state index contributed by atoms with van der Waals surface area (Å²) in [7, 11) is 0. The molecular formula is C10H20N2O. The number of ether oxygens (including phenoxy) is 1. The smallest absolute Gasteiger partial charge is 0.0621 e. The Bertz CT molecular complexity index is 174. The van der Waals surface area contributed by atoms with Gasteiger partial charge in [0.2, 0.25) is 0 Å². The van der Waals surface area contributed by atoms with Gasteiger partial charge in [0, 0.05) is 25.0 Å². The summed E-state index contributed by atoms with van der Waals surface area (Å²) < 4.78 is 5.35. The molecule has 3 heteroatoms. The van der Waals surface area contributed by atoms with Crippen molar-refractivity contribution >= 4 is 0 Å². The normalized spacial score (nSPS) is 41.5. The number of nitrogens with zero attached hydrogens (tertiary/aromatic N) is 1. The molecule has 0 aromatic rings. The fourth-order valence-corrected chi connectivity index (χ4v) is 2.33. The number of hydrogen-bond donors (Lipinski definition) is 1. The Morgan fingerprint density at radius 3 is 2.85 bits per heavy atom. The van der Waals surface area contributed by atoms with Crippen LogP contribution in [0.1, 0.15) is 13.3 Å². The highest BCUT2D eigenvalue weighted by Crippen LogP contribution is 2.19. The van der Waals surface area contributed by atoms with E-state index in [1.165, 1.54) is 19.5 Å². The maximum absolute atomic E-state index is 5.94. The average Bonchev–Trinajstić information content (AvgIpc) is 2.64. The van der Waals surface area contributed by atoms with Crippen LogP contribution in [0.15, 0.2) is 0 Å². The lowest BCUT2D eigenvalue weighted by molar-refractivity contribution is 0.173. The number of rotatable bonds is 2. The molecule has 0 spiro atoms. The van der Waals surface area contributed by atoms with Gasteiger partial charge in [-0.1, -0.05) is 6.92 Å². The van der Waals surface area contributed by atoms with E-state index in [2.05, 4.69) is 11.8 Å². The number of hydrogen-bond acceptors (Lipinski definition) is 3. The Hall–Kier alpha value is -0.120. The molecule has 2 heterocycles. The minimum atomic E-state index is 0.274. The van der Waals surface area contributed by atoms with Crippen molar-refractivity contribution in [2.24, 2.45) is 17.6 Å². The Morgan fingerprint density at radius 1 is 1.46 bits per heavy atom.